The van der Waals surface area contributed by atoms with Gasteiger partial charge in [-0.25, -0.2) is 19.9 Å². The summed E-state index contributed by atoms with van der Waals surface area (Å²) in [7, 11) is -3.05. The van der Waals surface area contributed by atoms with E-state index in [1.807, 2.05) is 55.5 Å². The van der Waals surface area contributed by atoms with Crippen molar-refractivity contribution in [1.82, 2.24) is 19.9 Å². The van der Waals surface area contributed by atoms with Gasteiger partial charge in [0.15, 0.2) is 5.16 Å². The normalized spacial score (nSPS) is 11.9. The lowest BCUT2D eigenvalue weighted by molar-refractivity contribution is 0.285. The smallest absolute Gasteiger partial charge is 0.258 e. The van der Waals surface area contributed by atoms with E-state index in [1.54, 1.807) is 35.4 Å². The number of benzene rings is 2. The van der Waals surface area contributed by atoms with Crippen LogP contribution in [-0.4, -0.2) is 39.7 Å². The predicted octanol–water partition coefficient (Wildman–Crippen LogP) is 6.82. The molecule has 0 aliphatic heterocycles. The van der Waals surface area contributed by atoms with Gasteiger partial charge in [-0.15, -0.1) is 11.3 Å². The summed E-state index contributed by atoms with van der Waals surface area (Å²) in [6.07, 6.45) is 5.39. The van der Waals surface area contributed by atoms with E-state index in [-0.39, 0.29) is 5.04 Å². The topological polar surface area (TPSA) is 107 Å². The van der Waals surface area contributed by atoms with Crippen molar-refractivity contribution in [2.75, 3.05) is 12.3 Å². The molecule has 0 fully saturated rings. The molecule has 3 N–H and O–H groups in total. The summed E-state index contributed by atoms with van der Waals surface area (Å²) < 4.78 is 6.17. The number of rotatable bonds is 14. The van der Waals surface area contributed by atoms with Crippen LogP contribution in [0.3, 0.4) is 0 Å². The Morgan fingerprint density at radius 3 is 2.29 bits per heavy atom. The van der Waals surface area contributed by atoms with Gasteiger partial charge in [0, 0.05) is 40.2 Å². The minimum atomic E-state index is -3.05. The molecule has 7 nitrogen and oxygen atoms in total. The average molecular weight is 656 g/mol. The van der Waals surface area contributed by atoms with Crippen molar-refractivity contribution >= 4 is 47.6 Å². The molecular formula is C35H41N5O2S2Si. The summed E-state index contributed by atoms with van der Waals surface area (Å²) in [5.74, 6) is 1.74. The summed E-state index contributed by atoms with van der Waals surface area (Å²) >= 11 is 3.28. The Morgan fingerprint density at radius 2 is 1.64 bits per heavy atom. The second kappa shape index (κ2) is 14.7. The minimum absolute atomic E-state index is 0.325. The fraction of sp³-hybridized carbons (Fsp3) is 0.314. The minimum Gasteiger partial charge on any atom is -0.478 e. The second-order valence-corrected chi connectivity index (χ2v) is 17.8. The maximum absolute atomic E-state index is 12.4. The molecule has 0 saturated heterocycles. The maximum atomic E-state index is 12.4. The molecule has 45 heavy (non-hydrogen) atoms. The highest BCUT2D eigenvalue weighted by Gasteiger charge is 2.49. The van der Waals surface area contributed by atoms with Gasteiger partial charge in [0.25, 0.3) is 8.32 Å². The second-order valence-electron chi connectivity index (χ2n) is 11.8. The van der Waals surface area contributed by atoms with E-state index in [2.05, 4.69) is 60.0 Å². The van der Waals surface area contributed by atoms with Gasteiger partial charge in [-0.05, 0) is 47.7 Å². The summed E-state index contributed by atoms with van der Waals surface area (Å²) in [6, 6.07) is 26.0. The lowest BCUT2D eigenvalue weighted by Crippen LogP contribution is -2.65. The van der Waals surface area contributed by atoms with Gasteiger partial charge >= 0.3 is 0 Å². The van der Waals surface area contributed by atoms with Crippen LogP contribution >= 0.6 is 23.1 Å². The van der Waals surface area contributed by atoms with Crippen molar-refractivity contribution < 1.29 is 9.53 Å². The molecule has 3 aromatic heterocycles. The van der Waals surface area contributed by atoms with Crippen molar-refractivity contribution in [3.8, 4) is 16.5 Å². The number of hydrogen-bond donors (Lipinski definition) is 2. The Labute approximate surface area is 275 Å². The molecule has 10 heteroatoms. The Hall–Kier alpha value is -3.57. The number of nitrogens with two attached hydrogens (primary N) is 1. The number of nitrogens with zero attached hydrogens (tertiary/aromatic N) is 4. The van der Waals surface area contributed by atoms with Crippen LogP contribution in [0.25, 0.3) is 10.6 Å². The first kappa shape index (κ1) is 32.8. The number of aryl methyl sites for hydroxylation is 2. The Bertz CT molecular complexity index is 1640. The number of hydrogen-bond acceptors (Lipinski definition) is 9. The molecule has 0 amide bonds. The number of thioether (sulfide) groups is 1. The molecule has 0 atom stereocenters. The first-order chi connectivity index (χ1) is 21.7. The predicted molar refractivity (Wildman–Crippen MR) is 189 cm³/mol. The zero-order valence-electron chi connectivity index (χ0n) is 26.4. The summed E-state index contributed by atoms with van der Waals surface area (Å²) in [4.78, 5) is 32.1. The summed E-state index contributed by atoms with van der Waals surface area (Å²) in [5.41, 5.74) is 8.83. The van der Waals surface area contributed by atoms with Crippen LogP contribution < -0.4 is 20.8 Å². The van der Waals surface area contributed by atoms with E-state index in [0.29, 0.717) is 29.2 Å². The molecule has 5 aromatic rings. The lowest BCUT2D eigenvalue weighted by atomic mass is 10.1. The number of nitrogen functional groups attached to an aromatic ring is 1. The highest BCUT2D eigenvalue weighted by molar-refractivity contribution is 7.98. The number of ether oxygens (including phenoxy) is 1. The van der Waals surface area contributed by atoms with Gasteiger partial charge in [0.2, 0.25) is 5.88 Å². The molecule has 5 rings (SSSR count). The van der Waals surface area contributed by atoms with Crippen molar-refractivity contribution in [1.29, 1.82) is 0 Å². The largest absolute Gasteiger partial charge is 0.478 e. The molecule has 234 valence electrons. The average Bonchev–Trinajstić information content (AvgIpc) is 3.45. The van der Waals surface area contributed by atoms with E-state index in [1.165, 1.54) is 4.88 Å². The van der Waals surface area contributed by atoms with Crippen molar-refractivity contribution in [3.63, 3.8) is 0 Å². The Balaban J connectivity index is 1.25. The summed E-state index contributed by atoms with van der Waals surface area (Å²) in [6.45, 7) is 8.99. The van der Waals surface area contributed by atoms with E-state index in [4.69, 9.17) is 15.5 Å². The van der Waals surface area contributed by atoms with Crippen LogP contribution in [0.2, 0.25) is 5.04 Å². The van der Waals surface area contributed by atoms with E-state index >= 15 is 0 Å². The standard InChI is InChI=1S/C35H41N5O2S2Si/c1-5-13-30-29(24-43-34-38-25(2)22-31(36)40-34)39-33(44-30)26-18-20-37-32(23-26)42-21-12-19-35(3,4)45(41,27-14-8-6-9-15-27)28-16-10-7-11-17-28/h6-11,14-18,20,22-23,41H,5,12-13,19,21,24H2,1-4H3,(H2,36,38,40). The van der Waals surface area contributed by atoms with E-state index in [0.717, 1.165) is 58.0 Å². The van der Waals surface area contributed by atoms with Crippen LogP contribution in [0, 0.1) is 6.92 Å². The monoisotopic (exact) mass is 655 g/mol. The zero-order chi connectivity index (χ0) is 31.9. The molecule has 0 radical (unpaired) electrons. The fourth-order valence-electron chi connectivity index (χ4n) is 5.60. The molecule has 0 aliphatic rings. The molecular weight excluding hydrogens is 615 g/mol. The number of aromatic nitrogens is 4. The highest BCUT2D eigenvalue weighted by Crippen LogP contribution is 2.40. The highest BCUT2D eigenvalue weighted by atomic mass is 32.2. The van der Waals surface area contributed by atoms with E-state index < -0.39 is 8.32 Å². The summed E-state index contributed by atoms with van der Waals surface area (Å²) in [5, 5.41) is 3.34. The quantitative estimate of drug-likeness (QED) is 0.0581. The van der Waals surface area contributed by atoms with Crippen molar-refractivity contribution in [3.05, 3.63) is 101 Å². The number of thiazole rings is 1. The lowest BCUT2D eigenvalue weighted by Gasteiger charge is -2.41. The maximum Gasteiger partial charge on any atom is 0.258 e. The van der Waals surface area contributed by atoms with Gasteiger partial charge < -0.3 is 15.3 Å². The molecule has 0 bridgehead atoms. The molecule has 0 unspecified atom stereocenters. The third kappa shape index (κ3) is 7.81. The van der Waals surface area contributed by atoms with Crippen LogP contribution in [0.15, 0.2) is 90.2 Å². The molecule has 0 saturated carbocycles. The third-order valence-corrected chi connectivity index (χ3v) is 14.6. The SMILES string of the molecule is CCCc1sc(-c2ccnc(OCCCC(C)(C)[Si](O)(c3ccccc3)c3ccccc3)c2)nc1CSc1nc(C)cc(N)n1. The Morgan fingerprint density at radius 1 is 0.956 bits per heavy atom. The molecule has 0 aliphatic carbocycles. The van der Waals surface area contributed by atoms with Crippen molar-refractivity contribution in [2.24, 2.45) is 0 Å². The number of pyridine rings is 1. The van der Waals surface area contributed by atoms with Gasteiger partial charge in [0.05, 0.1) is 12.3 Å². The first-order valence-corrected chi connectivity index (χ1v) is 19.1. The fourth-order valence-corrected chi connectivity index (χ4v) is 11.5. The Kier molecular flexibility index (Phi) is 10.7. The van der Waals surface area contributed by atoms with Crippen LogP contribution in [-0.2, 0) is 12.2 Å². The van der Waals surface area contributed by atoms with Crippen LogP contribution in [0.1, 0.15) is 56.3 Å². The molecule has 0 spiro atoms. The molecule has 2 aromatic carbocycles. The third-order valence-electron chi connectivity index (χ3n) is 7.99. The molecule has 3 heterocycles. The van der Waals surface area contributed by atoms with Crippen LogP contribution in [0.4, 0.5) is 5.82 Å². The van der Waals surface area contributed by atoms with Crippen LogP contribution in [0.5, 0.6) is 5.88 Å². The van der Waals surface area contributed by atoms with Crippen molar-refractivity contribution in [2.45, 2.75) is 69.3 Å². The first-order valence-electron chi connectivity index (χ1n) is 15.3. The van der Waals surface area contributed by atoms with E-state index in [9.17, 15) is 4.80 Å². The van der Waals surface area contributed by atoms with Gasteiger partial charge in [-0.3, -0.25) is 0 Å². The zero-order valence-corrected chi connectivity index (χ0v) is 29.0. The van der Waals surface area contributed by atoms with Gasteiger partial charge in [0.1, 0.15) is 10.8 Å². The van der Waals surface area contributed by atoms with Gasteiger partial charge in [-0.2, -0.15) is 0 Å². The number of anilines is 1. The van der Waals surface area contributed by atoms with Gasteiger partial charge in [-0.1, -0.05) is 99.6 Å².